The maximum atomic E-state index is 11.1. The molecule has 0 bridgehead atoms. The molecule has 14 heavy (non-hydrogen) atoms. The Morgan fingerprint density at radius 3 is 2.43 bits per heavy atom. The van der Waals surface area contributed by atoms with Crippen LogP contribution in [0.25, 0.3) is 0 Å². The third-order valence-electron chi connectivity index (χ3n) is 2.12. The van der Waals surface area contributed by atoms with Gasteiger partial charge in [-0.15, -0.1) is 0 Å². The molecule has 0 heterocycles. The highest BCUT2D eigenvalue weighted by molar-refractivity contribution is 5.79. The maximum absolute atomic E-state index is 11.1. The minimum absolute atomic E-state index is 0.393. The van der Waals surface area contributed by atoms with Crippen molar-refractivity contribution in [2.75, 3.05) is 6.54 Å². The minimum atomic E-state index is -0.615. The topological polar surface area (TPSA) is 66.6 Å². The van der Waals surface area contributed by atoms with Crippen LogP contribution < -0.4 is 5.73 Å². The average molecular weight is 202 g/mol. The highest BCUT2D eigenvalue weighted by Crippen LogP contribution is 2.03. The van der Waals surface area contributed by atoms with Crippen molar-refractivity contribution in [1.29, 1.82) is 0 Å². The molecule has 0 rings (SSSR count). The number of rotatable bonds is 7. The van der Waals surface area contributed by atoms with Crippen molar-refractivity contribution in [3.05, 3.63) is 0 Å². The summed E-state index contributed by atoms with van der Waals surface area (Å²) in [7, 11) is 0. The molecule has 0 aromatic heterocycles. The highest BCUT2D eigenvalue weighted by Gasteiger charge is 2.14. The molecule has 3 N–H and O–H groups in total. The molecule has 0 aromatic rings. The first-order valence-corrected chi connectivity index (χ1v) is 5.35. The zero-order chi connectivity index (χ0) is 11.0. The van der Waals surface area contributed by atoms with E-state index in [1.54, 1.807) is 6.92 Å². The lowest BCUT2D eigenvalue weighted by Gasteiger charge is -2.16. The van der Waals surface area contributed by atoms with Crippen LogP contribution in [0.3, 0.4) is 0 Å². The van der Waals surface area contributed by atoms with Gasteiger partial charge in [0.2, 0.25) is 0 Å². The molecule has 0 aliphatic heterocycles. The quantitative estimate of drug-likeness (QED) is 0.374. The summed E-state index contributed by atoms with van der Waals surface area (Å²) in [6.45, 7) is 4.12. The molecule has 0 saturated heterocycles. The molecule has 84 valence electrons. The number of hydrogen-bond donors (Lipinski definition) is 2. The van der Waals surface area contributed by atoms with Crippen LogP contribution in [0, 0.1) is 0 Å². The Hall–Kier alpha value is -0.610. The number of carbonyl (C=O) groups excluding carboxylic acids is 1. The molecule has 0 aromatic carbocycles. The monoisotopic (exact) mass is 202 g/mol. The zero-order valence-corrected chi connectivity index (χ0v) is 9.20. The second-order valence-corrected chi connectivity index (χ2v) is 3.66. The third-order valence-corrected chi connectivity index (χ3v) is 2.12. The van der Waals surface area contributed by atoms with Crippen LogP contribution in [0.4, 0.5) is 0 Å². The molecule has 4 heteroatoms. The normalized spacial score (nSPS) is 12.6. The van der Waals surface area contributed by atoms with Crippen LogP contribution in [0.2, 0.25) is 0 Å². The second kappa shape index (κ2) is 7.76. The summed E-state index contributed by atoms with van der Waals surface area (Å²) in [4.78, 5) is 11.1. The third kappa shape index (κ3) is 5.94. The summed E-state index contributed by atoms with van der Waals surface area (Å²) >= 11 is 0. The molecule has 0 radical (unpaired) electrons. The van der Waals surface area contributed by atoms with Crippen LogP contribution in [-0.2, 0) is 4.79 Å². The number of hydroxylamine groups is 2. The molecular formula is C10H22N2O2. The van der Waals surface area contributed by atoms with Gasteiger partial charge in [-0.25, -0.2) is 5.06 Å². The van der Waals surface area contributed by atoms with E-state index < -0.39 is 11.9 Å². The van der Waals surface area contributed by atoms with E-state index in [1.807, 2.05) is 0 Å². The van der Waals surface area contributed by atoms with E-state index in [-0.39, 0.29) is 0 Å². The fourth-order valence-electron chi connectivity index (χ4n) is 1.21. The fraction of sp³-hybridized carbons (Fsp3) is 0.900. The number of amides is 1. The summed E-state index contributed by atoms with van der Waals surface area (Å²) in [6.07, 6.45) is 5.47. The Kier molecular flexibility index (Phi) is 7.42. The van der Waals surface area contributed by atoms with Crippen molar-refractivity contribution in [2.45, 2.75) is 52.0 Å². The Morgan fingerprint density at radius 1 is 1.36 bits per heavy atom. The fourth-order valence-corrected chi connectivity index (χ4v) is 1.21. The lowest BCUT2D eigenvalue weighted by atomic mass is 10.1. The van der Waals surface area contributed by atoms with Gasteiger partial charge in [0.05, 0.1) is 6.04 Å². The molecule has 0 fully saturated rings. The standard InChI is InChI=1S/C10H22N2O2/c1-3-4-5-6-7-8-12(14)10(13)9(2)11/h9,14H,3-8,11H2,1-2H3/t9-/m0/s1. The van der Waals surface area contributed by atoms with Gasteiger partial charge in [0.15, 0.2) is 0 Å². The highest BCUT2D eigenvalue weighted by atomic mass is 16.5. The Bertz CT molecular complexity index is 160. The van der Waals surface area contributed by atoms with Crippen LogP contribution in [0.15, 0.2) is 0 Å². The molecule has 0 saturated carbocycles. The molecule has 0 aliphatic rings. The van der Waals surface area contributed by atoms with E-state index in [4.69, 9.17) is 5.73 Å². The van der Waals surface area contributed by atoms with Crippen molar-refractivity contribution in [3.8, 4) is 0 Å². The summed E-state index contributed by atoms with van der Waals surface area (Å²) in [5.74, 6) is -0.402. The summed E-state index contributed by atoms with van der Waals surface area (Å²) in [5, 5.41) is 9.98. The molecule has 1 atom stereocenters. The van der Waals surface area contributed by atoms with E-state index in [0.717, 1.165) is 24.3 Å². The molecular weight excluding hydrogens is 180 g/mol. The average Bonchev–Trinajstić information content (AvgIpc) is 2.16. The second-order valence-electron chi connectivity index (χ2n) is 3.66. The molecule has 4 nitrogen and oxygen atoms in total. The molecule has 1 amide bonds. The van der Waals surface area contributed by atoms with Crippen molar-refractivity contribution in [1.82, 2.24) is 5.06 Å². The van der Waals surface area contributed by atoms with Crippen LogP contribution in [-0.4, -0.2) is 28.8 Å². The molecule has 0 unspecified atom stereocenters. The number of hydrogen-bond acceptors (Lipinski definition) is 3. The van der Waals surface area contributed by atoms with Gasteiger partial charge in [-0.05, 0) is 13.3 Å². The van der Waals surface area contributed by atoms with Crippen LogP contribution in [0.1, 0.15) is 46.0 Å². The Labute approximate surface area is 86.0 Å². The smallest absolute Gasteiger partial charge is 0.262 e. The van der Waals surface area contributed by atoms with Gasteiger partial charge in [-0.2, -0.15) is 0 Å². The van der Waals surface area contributed by atoms with Crippen molar-refractivity contribution >= 4 is 5.91 Å². The summed E-state index contributed by atoms with van der Waals surface area (Å²) < 4.78 is 0. The van der Waals surface area contributed by atoms with Crippen molar-refractivity contribution < 1.29 is 10.0 Å². The lowest BCUT2D eigenvalue weighted by Crippen LogP contribution is -2.40. The number of nitrogens with two attached hydrogens (primary N) is 1. The number of unbranched alkanes of at least 4 members (excludes halogenated alkanes) is 4. The van der Waals surface area contributed by atoms with Crippen molar-refractivity contribution in [2.24, 2.45) is 5.73 Å². The van der Waals surface area contributed by atoms with E-state index in [1.165, 1.54) is 12.8 Å². The number of carbonyl (C=O) groups is 1. The SMILES string of the molecule is CCCCCCCN(O)C(=O)[C@H](C)N. The van der Waals surface area contributed by atoms with Gasteiger partial charge in [-0.1, -0.05) is 32.6 Å². The van der Waals surface area contributed by atoms with Gasteiger partial charge in [0, 0.05) is 6.54 Å². The molecule has 0 spiro atoms. The minimum Gasteiger partial charge on any atom is -0.320 e. The molecule has 0 aliphatic carbocycles. The van der Waals surface area contributed by atoms with E-state index in [0.29, 0.717) is 6.54 Å². The van der Waals surface area contributed by atoms with Gasteiger partial charge in [0.1, 0.15) is 0 Å². The van der Waals surface area contributed by atoms with Gasteiger partial charge >= 0.3 is 0 Å². The van der Waals surface area contributed by atoms with Crippen LogP contribution in [0.5, 0.6) is 0 Å². The van der Waals surface area contributed by atoms with Crippen LogP contribution >= 0.6 is 0 Å². The zero-order valence-electron chi connectivity index (χ0n) is 9.20. The lowest BCUT2D eigenvalue weighted by molar-refractivity contribution is -0.166. The van der Waals surface area contributed by atoms with Gasteiger partial charge in [-0.3, -0.25) is 10.0 Å². The van der Waals surface area contributed by atoms with Gasteiger partial charge in [0.25, 0.3) is 5.91 Å². The van der Waals surface area contributed by atoms with E-state index in [2.05, 4.69) is 6.92 Å². The first-order chi connectivity index (χ1) is 6.59. The summed E-state index contributed by atoms with van der Waals surface area (Å²) in [6, 6.07) is -0.615. The predicted molar refractivity (Wildman–Crippen MR) is 55.9 cm³/mol. The Balaban J connectivity index is 3.44. The maximum Gasteiger partial charge on any atom is 0.262 e. The first kappa shape index (κ1) is 13.4. The van der Waals surface area contributed by atoms with E-state index in [9.17, 15) is 10.0 Å². The first-order valence-electron chi connectivity index (χ1n) is 5.35. The largest absolute Gasteiger partial charge is 0.320 e. The van der Waals surface area contributed by atoms with Crippen molar-refractivity contribution in [3.63, 3.8) is 0 Å². The van der Waals surface area contributed by atoms with Gasteiger partial charge < -0.3 is 5.73 Å². The summed E-state index contributed by atoms with van der Waals surface area (Å²) in [5.41, 5.74) is 5.34. The van der Waals surface area contributed by atoms with E-state index >= 15 is 0 Å². The number of nitrogens with zero attached hydrogens (tertiary/aromatic N) is 1. The Morgan fingerprint density at radius 2 is 1.93 bits per heavy atom. The predicted octanol–water partition coefficient (Wildman–Crippen LogP) is 1.52.